The van der Waals surface area contributed by atoms with Crippen molar-refractivity contribution in [2.75, 3.05) is 20.1 Å². The standard InChI is InChI=1S/C24H22FN5O2/c1-26-23(31)19-4-3-17(12-27-19)16-6-8-29(9-7-16)13-15-2-5-21-20(10-15)28-24(32)22-11-18(25)14-30(21)22/h2-6,10-12,14H,7-9,13H2,1H3,(H,26,31)(H,28,32). The van der Waals surface area contributed by atoms with Crippen LogP contribution in [0, 0.1) is 5.82 Å². The molecule has 1 aliphatic rings. The number of pyridine rings is 1. The van der Waals surface area contributed by atoms with E-state index < -0.39 is 5.82 Å². The smallest absolute Gasteiger partial charge is 0.272 e. The first-order valence-corrected chi connectivity index (χ1v) is 10.4. The number of amides is 1. The molecule has 4 aromatic rings. The Labute approximate surface area is 183 Å². The number of rotatable bonds is 4. The number of aromatic amines is 1. The minimum absolute atomic E-state index is 0.195. The van der Waals surface area contributed by atoms with Crippen LogP contribution in [0.2, 0.25) is 0 Å². The topological polar surface area (TPSA) is 82.5 Å². The van der Waals surface area contributed by atoms with Gasteiger partial charge in [-0.2, -0.15) is 0 Å². The monoisotopic (exact) mass is 431 g/mol. The summed E-state index contributed by atoms with van der Waals surface area (Å²) in [5.41, 5.74) is 5.18. The van der Waals surface area contributed by atoms with Gasteiger partial charge in [0.2, 0.25) is 0 Å². The molecule has 0 fully saturated rings. The highest BCUT2D eigenvalue weighted by atomic mass is 19.1. The Hall–Kier alpha value is -3.78. The Balaban J connectivity index is 1.32. The first-order valence-electron chi connectivity index (χ1n) is 10.4. The van der Waals surface area contributed by atoms with Crippen molar-refractivity contribution in [3.63, 3.8) is 0 Å². The van der Waals surface area contributed by atoms with Gasteiger partial charge in [0, 0.05) is 45.1 Å². The zero-order chi connectivity index (χ0) is 22.2. The number of hydrogen-bond donors (Lipinski definition) is 2. The molecule has 5 rings (SSSR count). The normalized spacial score (nSPS) is 14.6. The summed E-state index contributed by atoms with van der Waals surface area (Å²) in [6.45, 7) is 2.43. The second-order valence-electron chi connectivity index (χ2n) is 7.94. The third kappa shape index (κ3) is 3.69. The van der Waals surface area contributed by atoms with Gasteiger partial charge >= 0.3 is 0 Å². The van der Waals surface area contributed by atoms with E-state index in [0.717, 1.165) is 42.7 Å². The van der Waals surface area contributed by atoms with E-state index in [2.05, 4.69) is 26.3 Å². The Morgan fingerprint density at radius 2 is 2.09 bits per heavy atom. The van der Waals surface area contributed by atoms with E-state index in [4.69, 9.17) is 0 Å². The van der Waals surface area contributed by atoms with Gasteiger partial charge in [0.1, 0.15) is 17.0 Å². The largest absolute Gasteiger partial charge is 0.354 e. The first kappa shape index (κ1) is 20.1. The lowest BCUT2D eigenvalue weighted by Gasteiger charge is -2.26. The lowest BCUT2D eigenvalue weighted by molar-refractivity contribution is 0.0958. The van der Waals surface area contributed by atoms with Gasteiger partial charge in [-0.25, -0.2) is 4.39 Å². The van der Waals surface area contributed by atoms with Gasteiger partial charge in [-0.3, -0.25) is 19.5 Å². The lowest BCUT2D eigenvalue weighted by Crippen LogP contribution is -2.28. The van der Waals surface area contributed by atoms with Crippen LogP contribution in [0.1, 0.15) is 28.0 Å². The molecule has 4 heterocycles. The van der Waals surface area contributed by atoms with Crippen LogP contribution in [0.4, 0.5) is 4.39 Å². The third-order valence-corrected chi connectivity index (χ3v) is 5.88. The number of nitrogens with one attached hydrogen (secondary N) is 2. The number of aromatic nitrogens is 3. The SMILES string of the molecule is CNC(=O)c1ccc(C2=CCN(Cc3ccc4c(c3)[nH]c(=O)c3cc(F)cn34)CC2)cn1. The summed E-state index contributed by atoms with van der Waals surface area (Å²) in [6.07, 6.45) is 6.15. The van der Waals surface area contributed by atoms with Crippen molar-refractivity contribution in [3.8, 4) is 0 Å². The van der Waals surface area contributed by atoms with Crippen LogP contribution in [-0.4, -0.2) is 45.3 Å². The molecule has 2 N–H and O–H groups in total. The van der Waals surface area contributed by atoms with Gasteiger partial charge in [-0.1, -0.05) is 18.2 Å². The molecule has 0 saturated heterocycles. The molecule has 0 saturated carbocycles. The average molecular weight is 431 g/mol. The molecule has 1 amide bonds. The summed E-state index contributed by atoms with van der Waals surface area (Å²) >= 11 is 0. The predicted molar refractivity (Wildman–Crippen MR) is 121 cm³/mol. The van der Waals surface area contributed by atoms with E-state index in [1.807, 2.05) is 24.3 Å². The van der Waals surface area contributed by atoms with Crippen LogP contribution in [-0.2, 0) is 6.54 Å². The van der Waals surface area contributed by atoms with Gasteiger partial charge < -0.3 is 14.7 Å². The van der Waals surface area contributed by atoms with E-state index in [0.29, 0.717) is 16.7 Å². The van der Waals surface area contributed by atoms with Crippen molar-refractivity contribution in [3.05, 3.63) is 87.9 Å². The second-order valence-corrected chi connectivity index (χ2v) is 7.94. The van der Waals surface area contributed by atoms with E-state index in [-0.39, 0.29) is 11.5 Å². The molecule has 8 heteroatoms. The number of nitrogens with zero attached hydrogens (tertiary/aromatic N) is 3. The molecule has 0 radical (unpaired) electrons. The van der Waals surface area contributed by atoms with Crippen LogP contribution in [0.25, 0.3) is 22.1 Å². The zero-order valence-corrected chi connectivity index (χ0v) is 17.6. The molecule has 1 aliphatic heterocycles. The van der Waals surface area contributed by atoms with Crippen molar-refractivity contribution in [1.29, 1.82) is 0 Å². The number of carbonyl (C=O) groups is 1. The van der Waals surface area contributed by atoms with Crippen molar-refractivity contribution in [2.24, 2.45) is 0 Å². The molecule has 1 aromatic carbocycles. The fourth-order valence-electron chi connectivity index (χ4n) is 4.20. The molecule has 0 atom stereocenters. The maximum Gasteiger partial charge on any atom is 0.272 e. The predicted octanol–water partition coefficient (Wildman–Crippen LogP) is 2.96. The maximum absolute atomic E-state index is 13.6. The van der Waals surface area contributed by atoms with Crippen molar-refractivity contribution in [1.82, 2.24) is 24.6 Å². The Kier molecular flexibility index (Phi) is 5.07. The number of benzene rings is 1. The number of hydrogen-bond acceptors (Lipinski definition) is 4. The highest BCUT2D eigenvalue weighted by molar-refractivity contribution is 5.92. The Morgan fingerprint density at radius 3 is 2.81 bits per heavy atom. The summed E-state index contributed by atoms with van der Waals surface area (Å²) in [4.78, 5) is 33.3. The first-order chi connectivity index (χ1) is 15.5. The van der Waals surface area contributed by atoms with Crippen molar-refractivity contribution >= 4 is 28.0 Å². The number of carbonyl (C=O) groups excluding carboxylic acids is 1. The molecule has 7 nitrogen and oxygen atoms in total. The highest BCUT2D eigenvalue weighted by Crippen LogP contribution is 2.24. The van der Waals surface area contributed by atoms with E-state index in [1.54, 1.807) is 23.7 Å². The van der Waals surface area contributed by atoms with Crippen LogP contribution < -0.4 is 10.9 Å². The van der Waals surface area contributed by atoms with Crippen molar-refractivity contribution in [2.45, 2.75) is 13.0 Å². The van der Waals surface area contributed by atoms with Gasteiger partial charge in [-0.05, 0) is 41.3 Å². The van der Waals surface area contributed by atoms with Gasteiger partial charge in [0.15, 0.2) is 0 Å². The van der Waals surface area contributed by atoms with Crippen LogP contribution >= 0.6 is 0 Å². The summed E-state index contributed by atoms with van der Waals surface area (Å²) in [5, 5.41) is 2.57. The zero-order valence-electron chi connectivity index (χ0n) is 17.6. The van der Waals surface area contributed by atoms with E-state index in [9.17, 15) is 14.0 Å². The number of halogens is 1. The van der Waals surface area contributed by atoms with Crippen LogP contribution in [0.15, 0.2) is 59.7 Å². The van der Waals surface area contributed by atoms with Gasteiger partial charge in [0.05, 0.1) is 11.0 Å². The Morgan fingerprint density at radius 1 is 1.22 bits per heavy atom. The summed E-state index contributed by atoms with van der Waals surface area (Å²) in [5.74, 6) is -0.624. The average Bonchev–Trinajstić information content (AvgIpc) is 3.21. The lowest BCUT2D eigenvalue weighted by atomic mass is 10.0. The second kappa shape index (κ2) is 8.05. The molecular weight excluding hydrogens is 409 g/mol. The molecule has 0 unspecified atom stereocenters. The quantitative estimate of drug-likeness (QED) is 0.521. The molecule has 0 bridgehead atoms. The number of fused-ring (bicyclic) bond motifs is 3. The molecule has 0 aliphatic carbocycles. The molecule has 0 spiro atoms. The summed E-state index contributed by atoms with van der Waals surface area (Å²) in [7, 11) is 1.59. The molecule has 3 aromatic heterocycles. The summed E-state index contributed by atoms with van der Waals surface area (Å²) < 4.78 is 15.2. The summed E-state index contributed by atoms with van der Waals surface area (Å²) in [6, 6.07) is 10.8. The van der Waals surface area contributed by atoms with Crippen molar-refractivity contribution < 1.29 is 9.18 Å². The fourth-order valence-corrected chi connectivity index (χ4v) is 4.20. The molecule has 162 valence electrons. The molecular formula is C24H22FN5O2. The van der Waals surface area contributed by atoms with E-state index >= 15 is 0 Å². The minimum Gasteiger partial charge on any atom is -0.354 e. The number of H-pyrrole nitrogens is 1. The molecule has 32 heavy (non-hydrogen) atoms. The third-order valence-electron chi connectivity index (χ3n) is 5.88. The highest BCUT2D eigenvalue weighted by Gasteiger charge is 2.15. The maximum atomic E-state index is 13.6. The van der Waals surface area contributed by atoms with Crippen LogP contribution in [0.5, 0.6) is 0 Å². The van der Waals surface area contributed by atoms with Crippen LogP contribution in [0.3, 0.4) is 0 Å². The fraction of sp³-hybridized carbons (Fsp3) is 0.208. The van der Waals surface area contributed by atoms with Gasteiger partial charge in [-0.15, -0.1) is 0 Å². The Bertz CT molecular complexity index is 1420. The minimum atomic E-state index is -0.429. The van der Waals surface area contributed by atoms with Gasteiger partial charge in [0.25, 0.3) is 11.5 Å². The van der Waals surface area contributed by atoms with E-state index in [1.165, 1.54) is 17.8 Å².